The highest BCUT2D eigenvalue weighted by molar-refractivity contribution is 5.89. The maximum absolute atomic E-state index is 12.0. The minimum absolute atomic E-state index is 0.0895. The molecule has 2 amide bonds. The average molecular weight is 313 g/mol. The molecule has 2 aromatic rings. The van der Waals surface area contributed by atoms with Gasteiger partial charge in [-0.1, -0.05) is 0 Å². The summed E-state index contributed by atoms with van der Waals surface area (Å²) in [7, 11) is 0. The van der Waals surface area contributed by atoms with Crippen molar-refractivity contribution in [1.29, 1.82) is 0 Å². The predicted molar refractivity (Wildman–Crippen MR) is 93.2 cm³/mol. The van der Waals surface area contributed by atoms with Crippen molar-refractivity contribution in [2.45, 2.75) is 27.7 Å². The second kappa shape index (κ2) is 7.58. The molecular formula is C17H23N5O. The van der Waals surface area contributed by atoms with Gasteiger partial charge in [-0.25, -0.2) is 14.8 Å². The van der Waals surface area contributed by atoms with Crippen LogP contribution in [0.4, 0.5) is 22.1 Å². The first-order valence-corrected chi connectivity index (χ1v) is 7.77. The molecule has 0 radical (unpaired) electrons. The topological polar surface area (TPSA) is 70.2 Å². The Labute approximate surface area is 137 Å². The Morgan fingerprint density at radius 3 is 2.04 bits per heavy atom. The van der Waals surface area contributed by atoms with Gasteiger partial charge in [-0.3, -0.25) is 0 Å². The smallest absolute Gasteiger partial charge is 0.321 e. The zero-order valence-corrected chi connectivity index (χ0v) is 14.1. The van der Waals surface area contributed by atoms with Crippen molar-refractivity contribution in [1.82, 2.24) is 14.9 Å². The van der Waals surface area contributed by atoms with Crippen LogP contribution in [-0.4, -0.2) is 34.0 Å². The summed E-state index contributed by atoms with van der Waals surface area (Å²) in [6.45, 7) is 9.16. The van der Waals surface area contributed by atoms with E-state index in [4.69, 9.17) is 0 Å². The molecule has 6 nitrogen and oxygen atoms in total. The predicted octanol–water partition coefficient (Wildman–Crippen LogP) is 3.71. The number of aryl methyl sites for hydroxylation is 2. The molecule has 2 N–H and O–H groups in total. The van der Waals surface area contributed by atoms with Gasteiger partial charge in [0.05, 0.1) is 0 Å². The summed E-state index contributed by atoms with van der Waals surface area (Å²) in [5.41, 5.74) is 3.47. The number of carbonyl (C=O) groups is 1. The quantitative estimate of drug-likeness (QED) is 0.883. The lowest BCUT2D eigenvalue weighted by Crippen LogP contribution is -2.34. The van der Waals surface area contributed by atoms with Crippen LogP contribution in [0.3, 0.4) is 0 Å². The summed E-state index contributed by atoms with van der Waals surface area (Å²) >= 11 is 0. The van der Waals surface area contributed by atoms with Crippen LogP contribution in [0.25, 0.3) is 0 Å². The van der Waals surface area contributed by atoms with Crippen LogP contribution in [0.2, 0.25) is 0 Å². The van der Waals surface area contributed by atoms with Gasteiger partial charge in [0.2, 0.25) is 5.95 Å². The highest BCUT2D eigenvalue weighted by Crippen LogP contribution is 2.17. The number of aromatic nitrogens is 2. The molecule has 1 aromatic heterocycles. The zero-order chi connectivity index (χ0) is 16.8. The van der Waals surface area contributed by atoms with E-state index < -0.39 is 0 Å². The second-order valence-corrected chi connectivity index (χ2v) is 5.28. The van der Waals surface area contributed by atoms with Gasteiger partial charge in [-0.15, -0.1) is 0 Å². The lowest BCUT2D eigenvalue weighted by atomic mass is 10.3. The summed E-state index contributed by atoms with van der Waals surface area (Å²) < 4.78 is 0. The van der Waals surface area contributed by atoms with Crippen molar-refractivity contribution < 1.29 is 4.79 Å². The molecule has 122 valence electrons. The Morgan fingerprint density at radius 1 is 1.00 bits per heavy atom. The molecule has 2 rings (SSSR count). The van der Waals surface area contributed by atoms with E-state index in [9.17, 15) is 4.79 Å². The van der Waals surface area contributed by atoms with Crippen molar-refractivity contribution in [3.63, 3.8) is 0 Å². The lowest BCUT2D eigenvalue weighted by molar-refractivity contribution is 0.217. The third-order valence-corrected chi connectivity index (χ3v) is 3.43. The van der Waals surface area contributed by atoms with Crippen molar-refractivity contribution in [2.24, 2.45) is 0 Å². The molecule has 0 spiro atoms. The number of hydrogen-bond donors (Lipinski definition) is 2. The van der Waals surface area contributed by atoms with E-state index in [1.165, 1.54) is 0 Å². The Morgan fingerprint density at radius 2 is 1.52 bits per heavy atom. The molecule has 0 saturated carbocycles. The number of anilines is 3. The third kappa shape index (κ3) is 4.67. The van der Waals surface area contributed by atoms with Gasteiger partial charge in [0.25, 0.3) is 0 Å². The van der Waals surface area contributed by atoms with E-state index >= 15 is 0 Å². The SMILES string of the molecule is CCN(CC)C(=O)Nc1ccc(Nc2nc(C)cc(C)n2)cc1. The molecule has 23 heavy (non-hydrogen) atoms. The number of nitrogens with one attached hydrogen (secondary N) is 2. The number of rotatable bonds is 5. The van der Waals surface area contributed by atoms with E-state index in [0.29, 0.717) is 19.0 Å². The Balaban J connectivity index is 2.03. The summed E-state index contributed by atoms with van der Waals surface area (Å²) in [5.74, 6) is 0.572. The summed E-state index contributed by atoms with van der Waals surface area (Å²) in [5, 5.41) is 6.05. The van der Waals surface area contributed by atoms with E-state index in [0.717, 1.165) is 22.8 Å². The van der Waals surface area contributed by atoms with E-state index in [1.807, 2.05) is 58.0 Å². The lowest BCUT2D eigenvalue weighted by Gasteiger charge is -2.19. The molecule has 0 fully saturated rings. The number of nitrogens with zero attached hydrogens (tertiary/aromatic N) is 3. The van der Waals surface area contributed by atoms with Crippen LogP contribution in [-0.2, 0) is 0 Å². The highest BCUT2D eigenvalue weighted by atomic mass is 16.2. The van der Waals surface area contributed by atoms with Crippen LogP contribution < -0.4 is 10.6 Å². The molecule has 0 saturated heterocycles. The van der Waals surface area contributed by atoms with Gasteiger partial charge >= 0.3 is 6.03 Å². The van der Waals surface area contributed by atoms with Crippen LogP contribution in [0.1, 0.15) is 25.2 Å². The molecule has 1 aromatic carbocycles. The summed E-state index contributed by atoms with van der Waals surface area (Å²) in [4.78, 5) is 22.4. The standard InChI is InChI=1S/C17H23N5O/c1-5-22(6-2)17(23)21-15-9-7-14(8-10-15)20-16-18-12(3)11-13(4)19-16/h7-11H,5-6H2,1-4H3,(H,21,23)(H,18,19,20). The third-order valence-electron chi connectivity index (χ3n) is 3.43. The van der Waals surface area contributed by atoms with Gasteiger partial charge in [-0.05, 0) is 58.0 Å². The molecule has 6 heteroatoms. The van der Waals surface area contributed by atoms with Crippen LogP contribution in [0.15, 0.2) is 30.3 Å². The summed E-state index contributed by atoms with van der Waals surface area (Å²) in [6.07, 6.45) is 0. The molecule has 1 heterocycles. The van der Waals surface area contributed by atoms with Crippen molar-refractivity contribution >= 4 is 23.4 Å². The molecule has 0 atom stereocenters. The van der Waals surface area contributed by atoms with Gasteiger partial charge in [0.1, 0.15) is 0 Å². The van der Waals surface area contributed by atoms with Gasteiger partial charge in [0.15, 0.2) is 0 Å². The molecular weight excluding hydrogens is 290 g/mol. The normalized spacial score (nSPS) is 10.3. The average Bonchev–Trinajstić information content (AvgIpc) is 2.49. The van der Waals surface area contributed by atoms with Crippen LogP contribution in [0, 0.1) is 13.8 Å². The van der Waals surface area contributed by atoms with Crippen molar-refractivity contribution in [3.8, 4) is 0 Å². The number of urea groups is 1. The highest BCUT2D eigenvalue weighted by Gasteiger charge is 2.09. The van der Waals surface area contributed by atoms with Crippen LogP contribution >= 0.6 is 0 Å². The Kier molecular flexibility index (Phi) is 5.51. The molecule has 0 unspecified atom stereocenters. The van der Waals surface area contributed by atoms with Gasteiger partial charge in [-0.2, -0.15) is 0 Å². The fourth-order valence-corrected chi connectivity index (χ4v) is 2.26. The van der Waals surface area contributed by atoms with E-state index in [2.05, 4.69) is 20.6 Å². The van der Waals surface area contributed by atoms with Crippen molar-refractivity contribution in [3.05, 3.63) is 41.7 Å². The van der Waals surface area contributed by atoms with Gasteiger partial charge in [0, 0.05) is 35.9 Å². The monoisotopic (exact) mass is 313 g/mol. The Bertz CT molecular complexity index is 645. The maximum atomic E-state index is 12.0. The number of amides is 2. The largest absolute Gasteiger partial charge is 0.325 e. The summed E-state index contributed by atoms with van der Waals surface area (Å²) in [6, 6.07) is 9.32. The van der Waals surface area contributed by atoms with Gasteiger partial charge < -0.3 is 15.5 Å². The first-order chi connectivity index (χ1) is 11.0. The molecule has 0 aliphatic carbocycles. The minimum atomic E-state index is -0.0895. The first kappa shape index (κ1) is 16.7. The first-order valence-electron chi connectivity index (χ1n) is 7.77. The fraction of sp³-hybridized carbons (Fsp3) is 0.353. The second-order valence-electron chi connectivity index (χ2n) is 5.28. The van der Waals surface area contributed by atoms with Crippen LogP contribution in [0.5, 0.6) is 0 Å². The van der Waals surface area contributed by atoms with Crippen molar-refractivity contribution in [2.75, 3.05) is 23.7 Å². The zero-order valence-electron chi connectivity index (χ0n) is 14.1. The minimum Gasteiger partial charge on any atom is -0.325 e. The Hall–Kier alpha value is -2.63. The fourth-order valence-electron chi connectivity index (χ4n) is 2.26. The van der Waals surface area contributed by atoms with E-state index in [-0.39, 0.29) is 6.03 Å². The molecule has 0 bridgehead atoms. The number of benzene rings is 1. The van der Waals surface area contributed by atoms with E-state index in [1.54, 1.807) is 4.90 Å². The number of carbonyl (C=O) groups excluding carboxylic acids is 1. The molecule has 0 aliphatic heterocycles. The number of hydrogen-bond acceptors (Lipinski definition) is 4. The maximum Gasteiger partial charge on any atom is 0.321 e. The molecule has 0 aliphatic rings.